The zero-order valence-electron chi connectivity index (χ0n) is 14.0. The molecular weight excluding hydrogens is 312 g/mol. The largest absolute Gasteiger partial charge is 0.497 e. The molecule has 1 unspecified atom stereocenters. The third kappa shape index (κ3) is 5.72. The van der Waals surface area contributed by atoms with Crippen LogP contribution in [0.2, 0.25) is 0 Å². The number of fused-ring (bicyclic) bond motifs is 1. The highest BCUT2D eigenvalue weighted by atomic mass is 16.6. The number of hydrogen-bond acceptors (Lipinski definition) is 5. The fourth-order valence-corrected chi connectivity index (χ4v) is 1.98. The van der Waals surface area contributed by atoms with E-state index in [0.717, 1.165) is 22.1 Å². The first-order valence-electron chi connectivity index (χ1n) is 7.24. The summed E-state index contributed by atoms with van der Waals surface area (Å²) >= 11 is 0. The van der Waals surface area contributed by atoms with E-state index in [1.54, 1.807) is 14.0 Å². The van der Waals surface area contributed by atoms with Gasteiger partial charge in [0.2, 0.25) is 0 Å². The minimum atomic E-state index is -0.808. The van der Waals surface area contributed by atoms with Crippen LogP contribution in [-0.2, 0) is 19.1 Å². The van der Waals surface area contributed by atoms with Crippen molar-refractivity contribution in [3.63, 3.8) is 0 Å². The molecule has 0 aliphatic heterocycles. The Morgan fingerprint density at radius 1 is 0.958 bits per heavy atom. The maximum Gasteiger partial charge on any atom is 0.310 e. The van der Waals surface area contributed by atoms with Crippen LogP contribution in [0.1, 0.15) is 32.3 Å². The Bertz CT molecular complexity index is 738. The van der Waals surface area contributed by atoms with E-state index in [2.05, 4.69) is 4.74 Å². The van der Waals surface area contributed by atoms with Crippen molar-refractivity contribution in [1.29, 1.82) is 0 Å². The number of ether oxygens (including phenoxy) is 2. The molecule has 0 aromatic heterocycles. The summed E-state index contributed by atoms with van der Waals surface area (Å²) in [4.78, 5) is 30.5. The topological polar surface area (TPSA) is 89.9 Å². The normalized spacial score (nSPS) is 11.0. The van der Waals surface area contributed by atoms with Crippen LogP contribution in [0, 0.1) is 0 Å². The molecular formula is C18H20O6. The number of carbonyl (C=O) groups excluding carboxylic acids is 2. The summed E-state index contributed by atoms with van der Waals surface area (Å²) in [6.07, 6.45) is 0. The van der Waals surface area contributed by atoms with Crippen molar-refractivity contribution in [1.82, 2.24) is 0 Å². The van der Waals surface area contributed by atoms with Crippen molar-refractivity contribution in [2.75, 3.05) is 7.11 Å². The smallest absolute Gasteiger partial charge is 0.310 e. The van der Waals surface area contributed by atoms with E-state index in [9.17, 15) is 14.4 Å². The summed E-state index contributed by atoms with van der Waals surface area (Å²) in [6, 6.07) is 11.4. The van der Waals surface area contributed by atoms with E-state index >= 15 is 0 Å². The molecule has 2 aromatic rings. The zero-order valence-corrected chi connectivity index (χ0v) is 14.0. The van der Waals surface area contributed by atoms with E-state index in [1.165, 1.54) is 13.8 Å². The molecule has 0 saturated heterocycles. The van der Waals surface area contributed by atoms with Crippen LogP contribution in [0.4, 0.5) is 0 Å². The summed E-state index contributed by atoms with van der Waals surface area (Å²) < 4.78 is 9.12. The molecule has 2 rings (SSSR count). The summed E-state index contributed by atoms with van der Waals surface area (Å²) in [7, 11) is 1.63. The van der Waals surface area contributed by atoms with E-state index < -0.39 is 23.8 Å². The molecule has 0 radical (unpaired) electrons. The van der Waals surface area contributed by atoms with Crippen molar-refractivity contribution in [2.45, 2.75) is 26.7 Å². The molecule has 1 atom stereocenters. The van der Waals surface area contributed by atoms with E-state index in [4.69, 9.17) is 9.84 Å². The van der Waals surface area contributed by atoms with Gasteiger partial charge in [-0.05, 0) is 35.4 Å². The third-order valence-corrected chi connectivity index (χ3v) is 3.23. The van der Waals surface area contributed by atoms with Gasteiger partial charge in [-0.2, -0.15) is 0 Å². The minimum absolute atomic E-state index is 0.485. The van der Waals surface area contributed by atoms with Gasteiger partial charge in [0.25, 0.3) is 0 Å². The summed E-state index contributed by atoms with van der Waals surface area (Å²) in [5, 5.41) is 11.0. The maximum absolute atomic E-state index is 10.9. The van der Waals surface area contributed by atoms with Crippen LogP contribution in [0.5, 0.6) is 5.75 Å². The van der Waals surface area contributed by atoms with Gasteiger partial charge in [0.1, 0.15) is 5.75 Å². The first kappa shape index (κ1) is 19.2. The van der Waals surface area contributed by atoms with Crippen LogP contribution in [0.15, 0.2) is 36.4 Å². The molecule has 0 aliphatic rings. The third-order valence-electron chi connectivity index (χ3n) is 3.23. The summed E-state index contributed by atoms with van der Waals surface area (Å²) in [6.45, 7) is 4.05. The Hall–Kier alpha value is -2.89. The fraction of sp³-hybridized carbons (Fsp3) is 0.278. The van der Waals surface area contributed by atoms with E-state index in [0.29, 0.717) is 0 Å². The van der Waals surface area contributed by atoms with Gasteiger partial charge in [-0.15, -0.1) is 0 Å². The molecule has 24 heavy (non-hydrogen) atoms. The number of benzene rings is 2. The quantitative estimate of drug-likeness (QED) is 0.686. The molecule has 0 spiro atoms. The SMILES string of the molecule is CC(=O)OC(C)=O.COc1ccc2cc(C(C)C(=O)O)ccc2c1. The fourth-order valence-electron chi connectivity index (χ4n) is 1.98. The number of methoxy groups -OCH3 is 1. The van der Waals surface area contributed by atoms with Gasteiger partial charge < -0.3 is 14.6 Å². The van der Waals surface area contributed by atoms with Crippen molar-refractivity contribution >= 4 is 28.7 Å². The van der Waals surface area contributed by atoms with Gasteiger partial charge in [-0.25, -0.2) is 0 Å². The summed E-state index contributed by atoms with van der Waals surface area (Å²) in [5.74, 6) is -1.61. The molecule has 0 amide bonds. The predicted octanol–water partition coefficient (Wildman–Crippen LogP) is 3.13. The van der Waals surface area contributed by atoms with Crippen molar-refractivity contribution in [3.8, 4) is 5.75 Å². The molecule has 0 heterocycles. The number of aliphatic carboxylic acids is 1. The first-order chi connectivity index (χ1) is 11.2. The van der Waals surface area contributed by atoms with Gasteiger partial charge in [0.05, 0.1) is 13.0 Å². The van der Waals surface area contributed by atoms with Crippen molar-refractivity contribution in [3.05, 3.63) is 42.0 Å². The molecule has 0 saturated carbocycles. The highest BCUT2D eigenvalue weighted by Gasteiger charge is 2.13. The Morgan fingerprint density at radius 3 is 1.96 bits per heavy atom. The lowest BCUT2D eigenvalue weighted by Crippen LogP contribution is -2.06. The molecule has 0 bridgehead atoms. The molecule has 0 fully saturated rings. The van der Waals surface area contributed by atoms with Gasteiger partial charge in [-0.3, -0.25) is 14.4 Å². The second-order valence-electron chi connectivity index (χ2n) is 5.12. The number of rotatable bonds is 3. The standard InChI is InChI=1S/C14H14O3.C4H6O3/c1-9(14(15)16)10-3-4-12-8-13(17-2)6-5-11(12)7-10;1-3(5)7-4(2)6/h3-9H,1-2H3,(H,15,16);1-2H3. The van der Waals surface area contributed by atoms with Gasteiger partial charge in [0, 0.05) is 13.8 Å². The van der Waals surface area contributed by atoms with Crippen LogP contribution < -0.4 is 4.74 Å². The lowest BCUT2D eigenvalue weighted by atomic mass is 9.98. The van der Waals surface area contributed by atoms with Crippen LogP contribution in [0.25, 0.3) is 10.8 Å². The Balaban J connectivity index is 0.000000351. The number of hydrogen-bond donors (Lipinski definition) is 1. The Kier molecular flexibility index (Phi) is 6.92. The van der Waals surface area contributed by atoms with Gasteiger partial charge in [0.15, 0.2) is 0 Å². The predicted molar refractivity (Wildman–Crippen MR) is 89.0 cm³/mol. The maximum atomic E-state index is 10.9. The second-order valence-corrected chi connectivity index (χ2v) is 5.12. The van der Waals surface area contributed by atoms with Crippen LogP contribution in [0.3, 0.4) is 0 Å². The Morgan fingerprint density at radius 2 is 1.50 bits per heavy atom. The Labute approximate surface area is 140 Å². The average Bonchev–Trinajstić information content (AvgIpc) is 2.52. The van der Waals surface area contributed by atoms with Crippen LogP contribution >= 0.6 is 0 Å². The van der Waals surface area contributed by atoms with Crippen molar-refractivity contribution in [2.24, 2.45) is 0 Å². The van der Waals surface area contributed by atoms with E-state index in [1.807, 2.05) is 36.4 Å². The van der Waals surface area contributed by atoms with Crippen molar-refractivity contribution < 1.29 is 29.0 Å². The first-order valence-corrected chi connectivity index (χ1v) is 7.24. The second kappa shape index (κ2) is 8.67. The monoisotopic (exact) mass is 332 g/mol. The number of esters is 2. The zero-order chi connectivity index (χ0) is 18.3. The molecule has 128 valence electrons. The summed E-state index contributed by atoms with van der Waals surface area (Å²) in [5.41, 5.74) is 0.815. The highest BCUT2D eigenvalue weighted by molar-refractivity contribution is 5.86. The average molecular weight is 332 g/mol. The molecule has 1 N–H and O–H groups in total. The lowest BCUT2D eigenvalue weighted by Gasteiger charge is -2.08. The molecule has 6 nitrogen and oxygen atoms in total. The van der Waals surface area contributed by atoms with Gasteiger partial charge >= 0.3 is 17.9 Å². The number of carbonyl (C=O) groups is 3. The van der Waals surface area contributed by atoms with E-state index in [-0.39, 0.29) is 0 Å². The molecule has 6 heteroatoms. The van der Waals surface area contributed by atoms with Gasteiger partial charge in [-0.1, -0.05) is 24.3 Å². The lowest BCUT2D eigenvalue weighted by molar-refractivity contribution is -0.156. The molecule has 2 aromatic carbocycles. The number of carboxylic acids is 1. The number of carboxylic acid groups (broad SMARTS) is 1. The van der Waals surface area contributed by atoms with Crippen LogP contribution in [-0.4, -0.2) is 30.1 Å². The highest BCUT2D eigenvalue weighted by Crippen LogP contribution is 2.25. The minimum Gasteiger partial charge on any atom is -0.497 e. The molecule has 0 aliphatic carbocycles.